The number of hydrogen-bond acceptors (Lipinski definition) is 1. The van der Waals surface area contributed by atoms with E-state index in [2.05, 4.69) is 0 Å². The van der Waals surface area contributed by atoms with E-state index < -0.39 is 5.41 Å². The number of hydrogen-bond donors (Lipinski definition) is 0. The van der Waals surface area contributed by atoms with Crippen LogP contribution >= 0.6 is 34.8 Å². The summed E-state index contributed by atoms with van der Waals surface area (Å²) < 4.78 is 0. The molecule has 0 amide bonds. The smallest absolute Gasteiger partial charge is 0.232 e. The molecule has 0 atom stereocenters. The lowest BCUT2D eigenvalue weighted by molar-refractivity contribution is -0.116. The molecule has 0 radical (unpaired) electrons. The lowest BCUT2D eigenvalue weighted by Gasteiger charge is -2.26. The van der Waals surface area contributed by atoms with Gasteiger partial charge in [-0.1, -0.05) is 42.1 Å². The lowest BCUT2D eigenvalue weighted by atomic mass is 9.80. The van der Waals surface area contributed by atoms with Crippen LogP contribution in [0.3, 0.4) is 0 Å². The van der Waals surface area contributed by atoms with Crippen molar-refractivity contribution in [3.63, 3.8) is 0 Å². The number of carbonyl (C=O) groups excluding carboxylic acids is 1. The van der Waals surface area contributed by atoms with E-state index in [1.54, 1.807) is 12.1 Å². The topological polar surface area (TPSA) is 17.1 Å². The van der Waals surface area contributed by atoms with Gasteiger partial charge in [0, 0.05) is 10.0 Å². The molecule has 1 aromatic carbocycles. The molecular formula is C12H11Cl3O. The van der Waals surface area contributed by atoms with Crippen molar-refractivity contribution < 1.29 is 4.79 Å². The molecule has 16 heavy (non-hydrogen) atoms. The standard InChI is InChI=1S/C12H11Cl3O/c13-8-3-4-9(10(14)7-8)12(11(15)16)5-1-2-6-12/h3-4,7H,1-2,5-6H2. The van der Waals surface area contributed by atoms with Crippen LogP contribution in [-0.2, 0) is 10.2 Å². The Balaban J connectivity index is 2.51. The maximum atomic E-state index is 11.7. The van der Waals surface area contributed by atoms with E-state index >= 15 is 0 Å². The highest BCUT2D eigenvalue weighted by Crippen LogP contribution is 2.45. The fourth-order valence-electron chi connectivity index (χ4n) is 2.43. The summed E-state index contributed by atoms with van der Waals surface area (Å²) in [6.45, 7) is 0. The molecule has 1 saturated carbocycles. The molecule has 0 saturated heterocycles. The van der Waals surface area contributed by atoms with Gasteiger partial charge < -0.3 is 0 Å². The van der Waals surface area contributed by atoms with Crippen LogP contribution < -0.4 is 0 Å². The number of halogens is 3. The van der Waals surface area contributed by atoms with E-state index in [1.165, 1.54) is 0 Å². The maximum absolute atomic E-state index is 11.7. The average molecular weight is 278 g/mol. The zero-order chi connectivity index (χ0) is 11.8. The highest BCUT2D eigenvalue weighted by molar-refractivity contribution is 6.65. The third kappa shape index (κ3) is 1.97. The Morgan fingerprint density at radius 3 is 2.31 bits per heavy atom. The molecule has 86 valence electrons. The third-order valence-electron chi connectivity index (χ3n) is 3.28. The summed E-state index contributed by atoms with van der Waals surface area (Å²) in [4.78, 5) is 11.7. The van der Waals surface area contributed by atoms with Crippen LogP contribution in [0.1, 0.15) is 31.2 Å². The van der Waals surface area contributed by atoms with Crippen molar-refractivity contribution in [3.8, 4) is 0 Å². The maximum Gasteiger partial charge on any atom is 0.232 e. The zero-order valence-electron chi connectivity index (χ0n) is 8.60. The Kier molecular flexibility index (Phi) is 3.48. The molecule has 0 spiro atoms. The fraction of sp³-hybridized carbons (Fsp3) is 0.417. The van der Waals surface area contributed by atoms with Gasteiger partial charge in [-0.25, -0.2) is 0 Å². The van der Waals surface area contributed by atoms with Crippen molar-refractivity contribution in [2.75, 3.05) is 0 Å². The quantitative estimate of drug-likeness (QED) is 0.724. The SMILES string of the molecule is O=C(Cl)C1(c2ccc(Cl)cc2Cl)CCCC1. The minimum absolute atomic E-state index is 0.311. The fourth-order valence-corrected chi connectivity index (χ4v) is 3.31. The Morgan fingerprint density at radius 2 is 1.81 bits per heavy atom. The van der Waals surface area contributed by atoms with Crippen molar-refractivity contribution in [1.29, 1.82) is 0 Å². The Bertz CT molecular complexity index is 422. The van der Waals surface area contributed by atoms with Crippen molar-refractivity contribution in [1.82, 2.24) is 0 Å². The Morgan fingerprint density at radius 1 is 1.19 bits per heavy atom. The molecule has 4 heteroatoms. The van der Waals surface area contributed by atoms with E-state index in [1.807, 2.05) is 6.07 Å². The predicted octanol–water partition coefficient (Wildman–Crippen LogP) is 4.57. The Hall–Kier alpha value is -0.240. The second-order valence-corrected chi connectivity index (χ2v) is 5.37. The van der Waals surface area contributed by atoms with E-state index in [-0.39, 0.29) is 5.24 Å². The van der Waals surface area contributed by atoms with E-state index in [4.69, 9.17) is 34.8 Å². The number of carbonyl (C=O) groups is 1. The summed E-state index contributed by atoms with van der Waals surface area (Å²) in [5.41, 5.74) is 0.222. The van der Waals surface area contributed by atoms with Crippen LogP contribution in [0.2, 0.25) is 10.0 Å². The van der Waals surface area contributed by atoms with E-state index in [0.29, 0.717) is 10.0 Å². The van der Waals surface area contributed by atoms with Crippen molar-refractivity contribution in [2.45, 2.75) is 31.1 Å². The monoisotopic (exact) mass is 276 g/mol. The summed E-state index contributed by atoms with van der Waals surface area (Å²) in [7, 11) is 0. The molecular weight excluding hydrogens is 266 g/mol. The van der Waals surface area contributed by atoms with Gasteiger partial charge in [0.2, 0.25) is 5.24 Å². The van der Waals surface area contributed by atoms with Crippen molar-refractivity contribution >= 4 is 40.0 Å². The molecule has 0 N–H and O–H groups in total. The van der Waals surface area contributed by atoms with Gasteiger partial charge in [0.1, 0.15) is 0 Å². The van der Waals surface area contributed by atoms with Crippen LogP contribution in [-0.4, -0.2) is 5.24 Å². The molecule has 0 aliphatic heterocycles. The Labute approximate surface area is 110 Å². The van der Waals surface area contributed by atoms with Gasteiger partial charge in [-0.3, -0.25) is 4.79 Å². The molecule has 2 rings (SSSR count). The highest BCUT2D eigenvalue weighted by atomic mass is 35.5. The molecule has 1 fully saturated rings. The van der Waals surface area contributed by atoms with Crippen LogP contribution in [0.25, 0.3) is 0 Å². The van der Waals surface area contributed by atoms with Gasteiger partial charge in [-0.05, 0) is 42.1 Å². The molecule has 1 aromatic rings. The van der Waals surface area contributed by atoms with Gasteiger partial charge >= 0.3 is 0 Å². The van der Waals surface area contributed by atoms with Crippen molar-refractivity contribution in [2.24, 2.45) is 0 Å². The second-order valence-electron chi connectivity index (χ2n) is 4.19. The first-order valence-electron chi connectivity index (χ1n) is 5.22. The molecule has 0 unspecified atom stereocenters. The van der Waals surface area contributed by atoms with Gasteiger partial charge in [0.15, 0.2) is 0 Å². The lowest BCUT2D eigenvalue weighted by Crippen LogP contribution is -2.29. The number of rotatable bonds is 2. The molecule has 0 heterocycles. The summed E-state index contributed by atoms with van der Waals surface area (Å²) >= 11 is 17.8. The molecule has 1 aliphatic carbocycles. The van der Waals surface area contributed by atoms with E-state index in [9.17, 15) is 4.79 Å². The first-order chi connectivity index (χ1) is 7.56. The summed E-state index contributed by atoms with van der Waals surface area (Å²) in [6, 6.07) is 5.23. The first-order valence-corrected chi connectivity index (χ1v) is 6.35. The van der Waals surface area contributed by atoms with Gasteiger partial charge in [0.05, 0.1) is 5.41 Å². The minimum Gasteiger partial charge on any atom is -0.280 e. The largest absolute Gasteiger partial charge is 0.280 e. The molecule has 1 aliphatic rings. The highest BCUT2D eigenvalue weighted by Gasteiger charge is 2.42. The zero-order valence-corrected chi connectivity index (χ0v) is 10.9. The number of benzene rings is 1. The summed E-state index contributed by atoms with van der Waals surface area (Å²) in [6.07, 6.45) is 3.57. The van der Waals surface area contributed by atoms with Crippen LogP contribution in [0.15, 0.2) is 18.2 Å². The van der Waals surface area contributed by atoms with Gasteiger partial charge in [-0.15, -0.1) is 0 Å². The minimum atomic E-state index is -0.594. The first kappa shape index (κ1) is 12.2. The summed E-state index contributed by atoms with van der Waals surface area (Å²) in [5, 5.41) is 0.793. The van der Waals surface area contributed by atoms with Crippen LogP contribution in [0, 0.1) is 0 Å². The van der Waals surface area contributed by atoms with Gasteiger partial charge in [0.25, 0.3) is 0 Å². The third-order valence-corrected chi connectivity index (χ3v) is 4.19. The van der Waals surface area contributed by atoms with E-state index in [0.717, 1.165) is 31.2 Å². The summed E-state index contributed by atoms with van der Waals surface area (Å²) in [5.74, 6) is 0. The predicted molar refractivity (Wildman–Crippen MR) is 67.5 cm³/mol. The molecule has 0 bridgehead atoms. The molecule has 0 aromatic heterocycles. The van der Waals surface area contributed by atoms with Crippen LogP contribution in [0.5, 0.6) is 0 Å². The molecule has 1 nitrogen and oxygen atoms in total. The van der Waals surface area contributed by atoms with Gasteiger partial charge in [-0.2, -0.15) is 0 Å². The van der Waals surface area contributed by atoms with Crippen LogP contribution in [0.4, 0.5) is 0 Å². The normalized spacial score (nSPS) is 18.7. The van der Waals surface area contributed by atoms with Crippen molar-refractivity contribution in [3.05, 3.63) is 33.8 Å². The second kappa shape index (κ2) is 4.56. The average Bonchev–Trinajstić information content (AvgIpc) is 2.67.